The van der Waals surface area contributed by atoms with Crippen LogP contribution in [0.5, 0.6) is 0 Å². The molecule has 0 spiro atoms. The number of nitrogens with one attached hydrogen (secondary N) is 2. The lowest BCUT2D eigenvalue weighted by atomic mass is 9.88. The number of aromatic amines is 2. The summed E-state index contributed by atoms with van der Waals surface area (Å²) in [6.45, 7) is 3.73. The van der Waals surface area contributed by atoms with E-state index in [0.717, 1.165) is 11.4 Å². The van der Waals surface area contributed by atoms with E-state index in [1.165, 1.54) is 9.36 Å². The van der Waals surface area contributed by atoms with Crippen molar-refractivity contribution in [3.8, 4) is 11.4 Å². The molecule has 0 unspecified atom stereocenters. The molecule has 0 bridgehead atoms. The predicted molar refractivity (Wildman–Crippen MR) is 127 cm³/mol. The number of H-pyrrole nitrogens is 2. The third-order valence-corrected chi connectivity index (χ3v) is 5.95. The number of aryl methyl sites for hydroxylation is 2. The lowest BCUT2D eigenvalue weighted by Crippen LogP contribution is -2.25. The Bertz CT molecular complexity index is 1390. The van der Waals surface area contributed by atoms with Crippen LogP contribution in [0.1, 0.15) is 34.2 Å². The van der Waals surface area contributed by atoms with Gasteiger partial charge in [0.05, 0.1) is 17.6 Å². The topological polar surface area (TPSA) is 88.7 Å². The minimum atomic E-state index is -0.487. The molecule has 5 aromatic rings. The van der Waals surface area contributed by atoms with Crippen LogP contribution in [-0.4, -0.2) is 19.6 Å². The van der Waals surface area contributed by atoms with Gasteiger partial charge in [0.2, 0.25) is 0 Å². The second kappa shape index (κ2) is 8.35. The molecule has 5 rings (SSSR count). The Morgan fingerprint density at radius 2 is 1.21 bits per heavy atom. The fourth-order valence-corrected chi connectivity index (χ4v) is 4.44. The van der Waals surface area contributed by atoms with Gasteiger partial charge in [-0.2, -0.15) is 0 Å². The first-order chi connectivity index (χ1) is 16.0. The molecule has 3 aromatic heterocycles. The van der Waals surface area contributed by atoms with E-state index < -0.39 is 5.92 Å². The molecule has 166 valence electrons. The van der Waals surface area contributed by atoms with Gasteiger partial charge in [-0.25, -0.2) is 9.36 Å². The summed E-state index contributed by atoms with van der Waals surface area (Å²) in [4.78, 5) is 27.2. The van der Waals surface area contributed by atoms with Gasteiger partial charge in [0.25, 0.3) is 11.1 Å². The van der Waals surface area contributed by atoms with Crippen molar-refractivity contribution in [3.05, 3.63) is 128 Å². The molecule has 0 aliphatic heterocycles. The van der Waals surface area contributed by atoms with Gasteiger partial charge in [0.1, 0.15) is 5.76 Å². The maximum absolute atomic E-state index is 13.6. The third-order valence-electron chi connectivity index (χ3n) is 5.95. The average molecular weight is 441 g/mol. The fraction of sp³-hybridized carbons (Fsp3) is 0.154. The van der Waals surface area contributed by atoms with E-state index in [4.69, 9.17) is 4.42 Å². The molecule has 0 saturated carbocycles. The molecule has 7 nitrogen and oxygen atoms in total. The molecule has 0 aliphatic carbocycles. The molecular weight excluding hydrogens is 416 g/mol. The largest absolute Gasteiger partial charge is 0.469 e. The minimum Gasteiger partial charge on any atom is -0.469 e. The second-order valence-electron chi connectivity index (χ2n) is 8.09. The van der Waals surface area contributed by atoms with E-state index in [-0.39, 0.29) is 11.1 Å². The van der Waals surface area contributed by atoms with Gasteiger partial charge in [0.15, 0.2) is 0 Å². The van der Waals surface area contributed by atoms with Crippen LogP contribution in [-0.2, 0) is 6.42 Å². The van der Waals surface area contributed by atoms with Crippen LogP contribution in [0.4, 0.5) is 0 Å². The van der Waals surface area contributed by atoms with Crippen molar-refractivity contribution in [1.82, 2.24) is 19.6 Å². The van der Waals surface area contributed by atoms with Gasteiger partial charge in [0, 0.05) is 34.9 Å². The number of nitrogens with zero attached hydrogens (tertiary/aromatic N) is 2. The number of hydrogen-bond donors (Lipinski definition) is 2. The first kappa shape index (κ1) is 20.6. The molecular formula is C26H24N4O3. The van der Waals surface area contributed by atoms with Crippen molar-refractivity contribution in [3.63, 3.8) is 0 Å². The molecule has 0 radical (unpaired) electrons. The van der Waals surface area contributed by atoms with Gasteiger partial charge in [-0.3, -0.25) is 19.8 Å². The summed E-state index contributed by atoms with van der Waals surface area (Å²) in [5, 5.41) is 6.38. The maximum atomic E-state index is 13.6. The summed E-state index contributed by atoms with van der Waals surface area (Å²) < 4.78 is 8.66. The molecule has 2 aromatic carbocycles. The summed E-state index contributed by atoms with van der Waals surface area (Å²) in [6, 6.07) is 22.5. The highest BCUT2D eigenvalue weighted by atomic mass is 16.3. The zero-order chi connectivity index (χ0) is 22.9. The van der Waals surface area contributed by atoms with Gasteiger partial charge in [-0.15, -0.1) is 0 Å². The van der Waals surface area contributed by atoms with Crippen LogP contribution >= 0.6 is 0 Å². The molecule has 2 N–H and O–H groups in total. The van der Waals surface area contributed by atoms with Crippen LogP contribution in [0.15, 0.2) is 93.1 Å². The highest BCUT2D eigenvalue weighted by molar-refractivity contribution is 5.41. The maximum Gasteiger partial charge on any atom is 0.275 e. The highest BCUT2D eigenvalue weighted by Gasteiger charge is 2.30. The van der Waals surface area contributed by atoms with Gasteiger partial charge < -0.3 is 4.42 Å². The second-order valence-corrected chi connectivity index (χ2v) is 8.09. The summed E-state index contributed by atoms with van der Waals surface area (Å²) in [7, 11) is 0. The van der Waals surface area contributed by atoms with E-state index in [9.17, 15) is 9.59 Å². The van der Waals surface area contributed by atoms with E-state index >= 15 is 0 Å². The highest BCUT2D eigenvalue weighted by Crippen LogP contribution is 2.29. The smallest absolute Gasteiger partial charge is 0.275 e. The standard InChI is InChI=1S/C26H24N4O3/c1-17-23(25(31)29(27-17)19-10-5-3-6-11-19)22(16-21-14-9-15-33-21)24-18(2)28-30(26(24)32)20-12-7-4-8-13-20/h3-15,22,27-28H,16H2,1-2H3. The molecule has 3 heterocycles. The van der Waals surface area contributed by atoms with Crippen LogP contribution in [0, 0.1) is 13.8 Å². The molecule has 7 heteroatoms. The normalized spacial score (nSPS) is 11.4. The van der Waals surface area contributed by atoms with E-state index in [1.54, 1.807) is 6.26 Å². The van der Waals surface area contributed by atoms with E-state index in [1.807, 2.05) is 86.6 Å². The van der Waals surface area contributed by atoms with E-state index in [0.29, 0.717) is 34.7 Å². The molecule has 33 heavy (non-hydrogen) atoms. The van der Waals surface area contributed by atoms with Crippen LogP contribution in [0.25, 0.3) is 11.4 Å². The lowest BCUT2D eigenvalue weighted by Gasteiger charge is -2.13. The first-order valence-corrected chi connectivity index (χ1v) is 10.8. The molecule has 0 fully saturated rings. The van der Waals surface area contributed by atoms with E-state index in [2.05, 4.69) is 10.2 Å². The van der Waals surface area contributed by atoms with Crippen molar-refractivity contribution in [1.29, 1.82) is 0 Å². The zero-order valence-electron chi connectivity index (χ0n) is 18.4. The molecule has 0 saturated heterocycles. The quantitative estimate of drug-likeness (QED) is 0.414. The van der Waals surface area contributed by atoms with Crippen LogP contribution < -0.4 is 11.1 Å². The van der Waals surface area contributed by atoms with Crippen LogP contribution in [0.2, 0.25) is 0 Å². The Morgan fingerprint density at radius 1 is 0.727 bits per heavy atom. The first-order valence-electron chi connectivity index (χ1n) is 10.8. The summed E-state index contributed by atoms with van der Waals surface area (Å²) in [5.74, 6) is 0.219. The van der Waals surface area contributed by atoms with Crippen LogP contribution in [0.3, 0.4) is 0 Å². The monoisotopic (exact) mass is 440 g/mol. The number of aromatic nitrogens is 4. The predicted octanol–water partition coefficient (Wildman–Crippen LogP) is 4.23. The third kappa shape index (κ3) is 3.67. The molecule has 0 amide bonds. The fourth-order valence-electron chi connectivity index (χ4n) is 4.44. The van der Waals surface area contributed by atoms with Crippen molar-refractivity contribution in [2.24, 2.45) is 0 Å². The average Bonchev–Trinajstić information content (AvgIpc) is 3.52. The molecule has 0 atom stereocenters. The lowest BCUT2D eigenvalue weighted by molar-refractivity contribution is 0.496. The van der Waals surface area contributed by atoms with Crippen molar-refractivity contribution >= 4 is 0 Å². The Kier molecular flexibility index (Phi) is 5.22. The Morgan fingerprint density at radius 3 is 1.64 bits per heavy atom. The SMILES string of the molecule is Cc1[nH]n(-c2ccccc2)c(=O)c1C(Cc1ccco1)c1c(C)[nH]n(-c2ccccc2)c1=O. The van der Waals surface area contributed by atoms with Gasteiger partial charge in [-0.1, -0.05) is 36.4 Å². The Labute approximate surface area is 189 Å². The summed E-state index contributed by atoms with van der Waals surface area (Å²) in [5.41, 5.74) is 3.65. The number of benzene rings is 2. The summed E-state index contributed by atoms with van der Waals surface area (Å²) in [6.07, 6.45) is 1.99. The van der Waals surface area contributed by atoms with Crippen molar-refractivity contribution in [2.75, 3.05) is 0 Å². The van der Waals surface area contributed by atoms with Crippen molar-refractivity contribution in [2.45, 2.75) is 26.2 Å². The minimum absolute atomic E-state index is 0.179. The molecule has 0 aliphatic rings. The van der Waals surface area contributed by atoms with Gasteiger partial charge in [-0.05, 0) is 50.2 Å². The zero-order valence-corrected chi connectivity index (χ0v) is 18.4. The Hall–Kier alpha value is -4.26. The Balaban J connectivity index is 1.70. The van der Waals surface area contributed by atoms with Gasteiger partial charge >= 0.3 is 0 Å². The number of furan rings is 1. The number of para-hydroxylation sites is 2. The number of rotatable bonds is 6. The number of hydrogen-bond acceptors (Lipinski definition) is 3. The van der Waals surface area contributed by atoms with Crippen molar-refractivity contribution < 1.29 is 4.42 Å². The summed E-state index contributed by atoms with van der Waals surface area (Å²) >= 11 is 0.